The molecule has 0 aromatic heterocycles. The van der Waals surface area contributed by atoms with Crippen LogP contribution in [0.1, 0.15) is 112 Å². The minimum Gasteiger partial charge on any atom is -0.508 e. The SMILES string of the molecule is CCC(C)c1cc(C2CCCC(c3ccc(O)c(C(C)CC)c3)C2)ccc1O. The van der Waals surface area contributed by atoms with E-state index in [1.165, 1.54) is 30.4 Å². The molecule has 4 atom stereocenters. The van der Waals surface area contributed by atoms with Gasteiger partial charge in [0.15, 0.2) is 0 Å². The van der Waals surface area contributed by atoms with Crippen molar-refractivity contribution in [2.24, 2.45) is 0 Å². The van der Waals surface area contributed by atoms with E-state index in [1.807, 2.05) is 12.1 Å². The van der Waals surface area contributed by atoms with Crippen molar-refractivity contribution < 1.29 is 10.2 Å². The Morgan fingerprint density at radius 1 is 0.786 bits per heavy atom. The summed E-state index contributed by atoms with van der Waals surface area (Å²) in [6, 6.07) is 12.5. The Balaban J connectivity index is 1.83. The van der Waals surface area contributed by atoms with Gasteiger partial charge in [-0.3, -0.25) is 0 Å². The maximum Gasteiger partial charge on any atom is 0.119 e. The van der Waals surface area contributed by atoms with Crippen LogP contribution in [0.15, 0.2) is 36.4 Å². The lowest BCUT2D eigenvalue weighted by Crippen LogP contribution is -2.14. The lowest BCUT2D eigenvalue weighted by Gasteiger charge is -2.31. The number of hydrogen-bond donors (Lipinski definition) is 2. The summed E-state index contributed by atoms with van der Waals surface area (Å²) < 4.78 is 0. The molecule has 1 saturated carbocycles. The van der Waals surface area contributed by atoms with Crippen molar-refractivity contribution in [3.05, 3.63) is 58.7 Å². The molecule has 0 spiro atoms. The lowest BCUT2D eigenvalue weighted by atomic mass is 9.74. The molecule has 152 valence electrons. The molecule has 0 heterocycles. The summed E-state index contributed by atoms with van der Waals surface area (Å²) in [6.07, 6.45) is 6.89. The van der Waals surface area contributed by atoms with Gasteiger partial charge in [-0.25, -0.2) is 0 Å². The lowest BCUT2D eigenvalue weighted by molar-refractivity contribution is 0.392. The Morgan fingerprint density at radius 2 is 1.21 bits per heavy atom. The molecule has 2 aromatic carbocycles. The van der Waals surface area contributed by atoms with Crippen molar-refractivity contribution >= 4 is 0 Å². The summed E-state index contributed by atoms with van der Waals surface area (Å²) in [5.74, 6) is 2.72. The Labute approximate surface area is 170 Å². The largest absolute Gasteiger partial charge is 0.508 e. The molecule has 3 rings (SSSR count). The summed E-state index contributed by atoms with van der Waals surface area (Å²) in [6.45, 7) is 8.73. The Morgan fingerprint density at radius 3 is 1.61 bits per heavy atom. The van der Waals surface area contributed by atoms with Crippen LogP contribution in [-0.2, 0) is 0 Å². The number of rotatable bonds is 6. The van der Waals surface area contributed by atoms with Gasteiger partial charge in [-0.2, -0.15) is 0 Å². The summed E-state index contributed by atoms with van der Waals surface area (Å²) in [5.41, 5.74) is 4.93. The highest BCUT2D eigenvalue weighted by atomic mass is 16.3. The molecule has 0 bridgehead atoms. The summed E-state index contributed by atoms with van der Waals surface area (Å²) in [4.78, 5) is 0. The topological polar surface area (TPSA) is 40.5 Å². The van der Waals surface area contributed by atoms with Gasteiger partial charge in [0.2, 0.25) is 0 Å². The molecule has 2 heteroatoms. The van der Waals surface area contributed by atoms with Gasteiger partial charge in [-0.1, -0.05) is 58.4 Å². The van der Waals surface area contributed by atoms with Gasteiger partial charge in [0.1, 0.15) is 11.5 Å². The Bertz CT molecular complexity index is 730. The maximum absolute atomic E-state index is 10.3. The monoisotopic (exact) mass is 380 g/mol. The molecule has 0 aliphatic heterocycles. The highest BCUT2D eigenvalue weighted by Crippen LogP contribution is 2.44. The van der Waals surface area contributed by atoms with Gasteiger partial charge < -0.3 is 10.2 Å². The zero-order valence-electron chi connectivity index (χ0n) is 17.9. The standard InChI is InChI=1S/C26H36O2/c1-5-17(3)23-15-21(10-12-25(23)27)19-8-7-9-20(14-19)22-11-13-26(28)24(16-22)18(4)6-2/h10-13,15-20,27-28H,5-9,14H2,1-4H3. The predicted molar refractivity (Wildman–Crippen MR) is 118 cm³/mol. The average molecular weight is 381 g/mol. The molecule has 0 radical (unpaired) electrons. The van der Waals surface area contributed by atoms with E-state index < -0.39 is 0 Å². The molecule has 0 amide bonds. The average Bonchev–Trinajstić information content (AvgIpc) is 2.73. The van der Waals surface area contributed by atoms with Crippen molar-refractivity contribution in [1.82, 2.24) is 0 Å². The normalized spacial score (nSPS) is 22.0. The van der Waals surface area contributed by atoms with Crippen LogP contribution in [0, 0.1) is 0 Å². The maximum atomic E-state index is 10.3. The zero-order chi connectivity index (χ0) is 20.3. The Hall–Kier alpha value is -1.96. The molecule has 4 unspecified atom stereocenters. The first-order chi connectivity index (χ1) is 13.4. The van der Waals surface area contributed by atoms with Crippen molar-refractivity contribution in [3.63, 3.8) is 0 Å². The van der Waals surface area contributed by atoms with E-state index >= 15 is 0 Å². The molecule has 1 aliphatic carbocycles. The van der Waals surface area contributed by atoms with Crippen LogP contribution in [0.25, 0.3) is 0 Å². The molecule has 0 saturated heterocycles. The summed E-state index contributed by atoms with van der Waals surface area (Å²) in [7, 11) is 0. The van der Waals surface area contributed by atoms with Crippen LogP contribution in [-0.4, -0.2) is 10.2 Å². The number of hydrogen-bond acceptors (Lipinski definition) is 2. The van der Waals surface area contributed by atoms with Crippen LogP contribution in [0.3, 0.4) is 0 Å². The number of phenolic OH excluding ortho intramolecular Hbond substituents is 2. The van der Waals surface area contributed by atoms with Gasteiger partial charge in [0.05, 0.1) is 0 Å². The van der Waals surface area contributed by atoms with E-state index in [0.717, 1.165) is 30.4 Å². The van der Waals surface area contributed by atoms with Crippen LogP contribution < -0.4 is 0 Å². The second-order valence-electron chi connectivity index (χ2n) is 8.82. The molecule has 1 aliphatic rings. The van der Waals surface area contributed by atoms with Gasteiger partial charge >= 0.3 is 0 Å². The quantitative estimate of drug-likeness (QED) is 0.542. The minimum absolute atomic E-state index is 0.384. The van der Waals surface area contributed by atoms with Crippen LogP contribution >= 0.6 is 0 Å². The van der Waals surface area contributed by atoms with Crippen molar-refractivity contribution in [2.75, 3.05) is 0 Å². The highest BCUT2D eigenvalue weighted by Gasteiger charge is 2.26. The second kappa shape index (κ2) is 9.03. The van der Waals surface area contributed by atoms with E-state index in [1.54, 1.807) is 0 Å². The predicted octanol–water partition coefficient (Wildman–Crippen LogP) is 7.57. The smallest absolute Gasteiger partial charge is 0.119 e. The van der Waals surface area contributed by atoms with E-state index in [-0.39, 0.29) is 0 Å². The van der Waals surface area contributed by atoms with Gasteiger partial charge in [-0.15, -0.1) is 0 Å². The van der Waals surface area contributed by atoms with Crippen LogP contribution in [0.5, 0.6) is 11.5 Å². The summed E-state index contributed by atoms with van der Waals surface area (Å²) >= 11 is 0. The first kappa shape index (κ1) is 20.8. The summed E-state index contributed by atoms with van der Waals surface area (Å²) in [5, 5.41) is 20.5. The second-order valence-corrected chi connectivity index (χ2v) is 8.82. The minimum atomic E-state index is 0.384. The number of aromatic hydroxyl groups is 2. The third-order valence-electron chi connectivity index (χ3n) is 7.01. The molecule has 28 heavy (non-hydrogen) atoms. The fourth-order valence-corrected chi connectivity index (χ4v) is 4.68. The molecule has 2 N–H and O–H groups in total. The fraction of sp³-hybridized carbons (Fsp3) is 0.538. The molecule has 2 nitrogen and oxygen atoms in total. The van der Waals surface area contributed by atoms with Crippen molar-refractivity contribution in [1.29, 1.82) is 0 Å². The number of phenols is 2. The van der Waals surface area contributed by atoms with Gasteiger partial charge in [-0.05, 0) is 90.2 Å². The molecular weight excluding hydrogens is 344 g/mol. The van der Waals surface area contributed by atoms with Gasteiger partial charge in [0, 0.05) is 0 Å². The van der Waals surface area contributed by atoms with Crippen molar-refractivity contribution in [2.45, 2.75) is 89.9 Å². The first-order valence-electron chi connectivity index (χ1n) is 11.1. The third kappa shape index (κ3) is 4.37. The highest BCUT2D eigenvalue weighted by molar-refractivity contribution is 5.42. The fourth-order valence-electron chi connectivity index (χ4n) is 4.68. The third-order valence-corrected chi connectivity index (χ3v) is 7.01. The van der Waals surface area contributed by atoms with Gasteiger partial charge in [0.25, 0.3) is 0 Å². The van der Waals surface area contributed by atoms with E-state index in [9.17, 15) is 10.2 Å². The van der Waals surface area contributed by atoms with Crippen LogP contribution in [0.2, 0.25) is 0 Å². The first-order valence-corrected chi connectivity index (χ1v) is 11.1. The zero-order valence-corrected chi connectivity index (χ0v) is 17.9. The van der Waals surface area contributed by atoms with E-state index in [2.05, 4.69) is 52.0 Å². The molecule has 2 aromatic rings. The van der Waals surface area contributed by atoms with E-state index in [4.69, 9.17) is 0 Å². The van der Waals surface area contributed by atoms with Crippen LogP contribution in [0.4, 0.5) is 0 Å². The molecule has 1 fully saturated rings. The number of benzene rings is 2. The Kier molecular flexibility index (Phi) is 6.69. The van der Waals surface area contributed by atoms with E-state index in [0.29, 0.717) is 35.2 Å². The van der Waals surface area contributed by atoms with Crippen molar-refractivity contribution in [3.8, 4) is 11.5 Å². The molecular formula is C26H36O2.